The second kappa shape index (κ2) is 5.15. The van der Waals surface area contributed by atoms with E-state index in [-0.39, 0.29) is 18.1 Å². The maximum absolute atomic E-state index is 11.5. The summed E-state index contributed by atoms with van der Waals surface area (Å²) in [4.78, 5) is 11.5. The summed E-state index contributed by atoms with van der Waals surface area (Å²) in [6.07, 6.45) is 4.26. The van der Waals surface area contributed by atoms with Crippen LogP contribution in [0, 0.1) is 5.41 Å². The number of carbonyl (C=O) groups excluding carboxylic acids is 1. The van der Waals surface area contributed by atoms with Crippen LogP contribution in [-0.4, -0.2) is 36.9 Å². The van der Waals surface area contributed by atoms with Gasteiger partial charge in [0.2, 0.25) is 0 Å². The fraction of sp³-hybridized carbons (Fsp3) is 0.917. The third-order valence-electron chi connectivity index (χ3n) is 3.51. The highest BCUT2D eigenvalue weighted by Crippen LogP contribution is 2.30. The zero-order valence-electron chi connectivity index (χ0n) is 10.5. The van der Waals surface area contributed by atoms with Gasteiger partial charge in [-0.3, -0.25) is 4.79 Å². The van der Waals surface area contributed by atoms with E-state index in [0.717, 1.165) is 25.7 Å². The molecule has 16 heavy (non-hydrogen) atoms. The molecular weight excluding hydrogens is 206 g/mol. The minimum atomic E-state index is -0.542. The van der Waals surface area contributed by atoms with Crippen LogP contribution < -0.4 is 5.32 Å². The van der Waals surface area contributed by atoms with Crippen LogP contribution in [0.25, 0.3) is 0 Å². The lowest BCUT2D eigenvalue weighted by atomic mass is 9.90. The summed E-state index contributed by atoms with van der Waals surface area (Å²) >= 11 is 0. The Bertz CT molecular complexity index is 245. The Morgan fingerprint density at radius 1 is 1.44 bits per heavy atom. The first kappa shape index (κ1) is 13.5. The number of nitrogens with one attached hydrogen (secondary N) is 1. The summed E-state index contributed by atoms with van der Waals surface area (Å²) in [5, 5.41) is 12.8. The summed E-state index contributed by atoms with van der Waals surface area (Å²) in [7, 11) is 1.40. The van der Waals surface area contributed by atoms with E-state index < -0.39 is 5.41 Å². The van der Waals surface area contributed by atoms with E-state index in [2.05, 4.69) is 5.32 Å². The molecule has 0 heterocycles. The van der Waals surface area contributed by atoms with Gasteiger partial charge in [-0.2, -0.15) is 0 Å². The normalized spacial score (nSPS) is 19.8. The third-order valence-corrected chi connectivity index (χ3v) is 3.51. The molecule has 0 aliphatic heterocycles. The lowest BCUT2D eigenvalue weighted by Gasteiger charge is -2.32. The van der Waals surface area contributed by atoms with Gasteiger partial charge in [-0.1, -0.05) is 12.8 Å². The molecule has 0 saturated heterocycles. The average Bonchev–Trinajstić information content (AvgIpc) is 2.75. The lowest BCUT2D eigenvalue weighted by Crippen LogP contribution is -2.51. The predicted octanol–water partition coefficient (Wildman–Crippen LogP) is 1.08. The number of hydrogen-bond donors (Lipinski definition) is 2. The quantitative estimate of drug-likeness (QED) is 0.693. The number of hydrogen-bond acceptors (Lipinski definition) is 4. The Labute approximate surface area is 97.4 Å². The Balaban J connectivity index is 2.52. The van der Waals surface area contributed by atoms with E-state index in [0.29, 0.717) is 6.54 Å². The molecule has 2 N–H and O–H groups in total. The zero-order chi connectivity index (χ0) is 12.2. The van der Waals surface area contributed by atoms with Gasteiger partial charge in [0.05, 0.1) is 19.1 Å². The molecular formula is C12H23NO3. The molecule has 0 aromatic rings. The Hall–Kier alpha value is -0.610. The van der Waals surface area contributed by atoms with Crippen molar-refractivity contribution in [2.75, 3.05) is 20.3 Å². The van der Waals surface area contributed by atoms with Crippen molar-refractivity contribution in [3.05, 3.63) is 0 Å². The number of ether oxygens (including phenoxy) is 1. The summed E-state index contributed by atoms with van der Waals surface area (Å²) in [5.41, 5.74) is -0.717. The summed E-state index contributed by atoms with van der Waals surface area (Å²) in [6.45, 7) is 4.39. The Morgan fingerprint density at radius 3 is 2.44 bits per heavy atom. The molecule has 0 bridgehead atoms. The molecule has 0 radical (unpaired) electrons. The second-order valence-electron chi connectivity index (χ2n) is 5.37. The fourth-order valence-electron chi connectivity index (χ4n) is 2.20. The lowest BCUT2D eigenvalue weighted by molar-refractivity contribution is -0.150. The van der Waals surface area contributed by atoms with Crippen LogP contribution in [0.1, 0.15) is 39.5 Å². The van der Waals surface area contributed by atoms with Crippen LogP contribution in [0.3, 0.4) is 0 Å². The van der Waals surface area contributed by atoms with E-state index in [4.69, 9.17) is 4.74 Å². The van der Waals surface area contributed by atoms with Crippen LogP contribution >= 0.6 is 0 Å². The number of esters is 1. The van der Waals surface area contributed by atoms with Gasteiger partial charge < -0.3 is 15.2 Å². The number of rotatable bonds is 5. The first-order valence-corrected chi connectivity index (χ1v) is 5.90. The van der Waals surface area contributed by atoms with Crippen LogP contribution in [0.15, 0.2) is 0 Å². The molecule has 4 heteroatoms. The standard InChI is InChI=1S/C12H23NO3/c1-11(2,10(15)16-3)8-13-12(9-14)6-4-5-7-12/h13-14H,4-9H2,1-3H3. The molecule has 0 spiro atoms. The number of carbonyl (C=O) groups is 1. The summed E-state index contributed by atoms with van der Waals surface area (Å²) in [6, 6.07) is 0. The molecule has 1 saturated carbocycles. The molecule has 0 aromatic heterocycles. The zero-order valence-corrected chi connectivity index (χ0v) is 10.5. The van der Waals surface area contributed by atoms with Crippen molar-refractivity contribution in [2.45, 2.75) is 45.1 Å². The molecule has 0 atom stereocenters. The third kappa shape index (κ3) is 2.95. The Kier molecular flexibility index (Phi) is 4.33. The summed E-state index contributed by atoms with van der Waals surface area (Å²) < 4.78 is 4.76. The summed E-state index contributed by atoms with van der Waals surface area (Å²) in [5.74, 6) is -0.217. The van der Waals surface area contributed by atoms with Crippen molar-refractivity contribution >= 4 is 5.97 Å². The molecule has 94 valence electrons. The molecule has 1 aliphatic carbocycles. The van der Waals surface area contributed by atoms with Gasteiger partial charge in [0.15, 0.2) is 0 Å². The smallest absolute Gasteiger partial charge is 0.312 e. The van der Waals surface area contributed by atoms with Crippen molar-refractivity contribution in [3.8, 4) is 0 Å². The Morgan fingerprint density at radius 2 is 2.00 bits per heavy atom. The molecule has 1 fully saturated rings. The molecule has 0 unspecified atom stereocenters. The van der Waals surface area contributed by atoms with Crippen molar-refractivity contribution in [2.24, 2.45) is 5.41 Å². The van der Waals surface area contributed by atoms with Gasteiger partial charge in [0, 0.05) is 12.1 Å². The minimum Gasteiger partial charge on any atom is -0.469 e. The van der Waals surface area contributed by atoms with Crippen molar-refractivity contribution in [1.82, 2.24) is 5.32 Å². The molecule has 4 nitrogen and oxygen atoms in total. The average molecular weight is 229 g/mol. The van der Waals surface area contributed by atoms with Gasteiger partial charge in [-0.15, -0.1) is 0 Å². The van der Waals surface area contributed by atoms with Crippen LogP contribution in [0.5, 0.6) is 0 Å². The first-order chi connectivity index (χ1) is 7.46. The van der Waals surface area contributed by atoms with Gasteiger partial charge in [0.1, 0.15) is 0 Å². The SMILES string of the molecule is COC(=O)C(C)(C)CNC1(CO)CCCC1. The predicted molar refractivity (Wildman–Crippen MR) is 62.1 cm³/mol. The number of aliphatic hydroxyl groups is 1. The van der Waals surface area contributed by atoms with Gasteiger partial charge in [-0.25, -0.2) is 0 Å². The molecule has 0 aromatic carbocycles. The molecule has 1 rings (SSSR count). The van der Waals surface area contributed by atoms with Crippen LogP contribution in [0.4, 0.5) is 0 Å². The van der Waals surface area contributed by atoms with E-state index >= 15 is 0 Å². The monoisotopic (exact) mass is 229 g/mol. The minimum absolute atomic E-state index is 0.143. The van der Waals surface area contributed by atoms with E-state index in [1.807, 2.05) is 13.8 Å². The van der Waals surface area contributed by atoms with Crippen molar-refractivity contribution in [1.29, 1.82) is 0 Å². The second-order valence-corrected chi connectivity index (χ2v) is 5.37. The van der Waals surface area contributed by atoms with Crippen LogP contribution in [-0.2, 0) is 9.53 Å². The maximum atomic E-state index is 11.5. The van der Waals surface area contributed by atoms with Gasteiger partial charge in [-0.05, 0) is 26.7 Å². The van der Waals surface area contributed by atoms with E-state index in [1.54, 1.807) is 0 Å². The number of methoxy groups -OCH3 is 1. The highest BCUT2D eigenvalue weighted by molar-refractivity contribution is 5.76. The topological polar surface area (TPSA) is 58.6 Å². The molecule has 1 aliphatic rings. The van der Waals surface area contributed by atoms with E-state index in [9.17, 15) is 9.90 Å². The van der Waals surface area contributed by atoms with Crippen LogP contribution in [0.2, 0.25) is 0 Å². The van der Waals surface area contributed by atoms with Crippen molar-refractivity contribution in [3.63, 3.8) is 0 Å². The molecule has 0 amide bonds. The van der Waals surface area contributed by atoms with Gasteiger partial charge in [0.25, 0.3) is 0 Å². The number of aliphatic hydroxyl groups excluding tert-OH is 1. The highest BCUT2D eigenvalue weighted by atomic mass is 16.5. The first-order valence-electron chi connectivity index (χ1n) is 5.90. The largest absolute Gasteiger partial charge is 0.469 e. The van der Waals surface area contributed by atoms with E-state index in [1.165, 1.54) is 7.11 Å². The van der Waals surface area contributed by atoms with Gasteiger partial charge >= 0.3 is 5.97 Å². The van der Waals surface area contributed by atoms with Crippen molar-refractivity contribution < 1.29 is 14.6 Å². The highest BCUT2D eigenvalue weighted by Gasteiger charge is 2.36. The fourth-order valence-corrected chi connectivity index (χ4v) is 2.20. The maximum Gasteiger partial charge on any atom is 0.312 e.